The Hall–Kier alpha value is -0.870. The zero-order valence-electron chi connectivity index (χ0n) is 8.24. The Morgan fingerprint density at radius 3 is 2.79 bits per heavy atom. The summed E-state index contributed by atoms with van der Waals surface area (Å²) >= 11 is 5.67. The summed E-state index contributed by atoms with van der Waals surface area (Å²) in [6.07, 6.45) is 3.41. The molecule has 2 atom stereocenters. The fraction of sp³-hybridized carbons (Fsp3) is 0.556. The van der Waals surface area contributed by atoms with Crippen LogP contribution in [0.15, 0.2) is 12.4 Å². The van der Waals surface area contributed by atoms with Crippen LogP contribution in [0.25, 0.3) is 0 Å². The molecule has 1 rings (SSSR count). The maximum absolute atomic E-state index is 9.15. The number of nitrogens with one attached hydrogen (secondary N) is 1. The smallest absolute Gasteiger partial charge is 0.149 e. The number of aliphatic hydroxyl groups excluding tert-OH is 1. The molecule has 78 valence electrons. The minimum Gasteiger partial charge on any atom is -0.393 e. The van der Waals surface area contributed by atoms with Crippen molar-refractivity contribution in [1.82, 2.24) is 9.97 Å². The summed E-state index contributed by atoms with van der Waals surface area (Å²) < 4.78 is 0. The molecule has 14 heavy (non-hydrogen) atoms. The third-order valence-electron chi connectivity index (χ3n) is 1.69. The highest BCUT2D eigenvalue weighted by Crippen LogP contribution is 2.09. The summed E-state index contributed by atoms with van der Waals surface area (Å²) in [6.45, 7) is 3.72. The van der Waals surface area contributed by atoms with Crippen LogP contribution in [0.5, 0.6) is 0 Å². The maximum Gasteiger partial charge on any atom is 0.149 e. The van der Waals surface area contributed by atoms with E-state index < -0.39 is 0 Å². The van der Waals surface area contributed by atoms with Crippen molar-refractivity contribution in [3.8, 4) is 0 Å². The Kier molecular flexibility index (Phi) is 4.10. The van der Waals surface area contributed by atoms with E-state index in [0.717, 1.165) is 0 Å². The van der Waals surface area contributed by atoms with Gasteiger partial charge in [0.05, 0.1) is 18.5 Å². The fourth-order valence-corrected chi connectivity index (χ4v) is 1.38. The molecular formula is C9H14ClN3O. The first-order chi connectivity index (χ1) is 6.58. The second-order valence-electron chi connectivity index (χ2n) is 3.36. The monoisotopic (exact) mass is 215 g/mol. The highest BCUT2D eigenvalue weighted by atomic mass is 35.5. The Morgan fingerprint density at radius 2 is 2.21 bits per heavy atom. The van der Waals surface area contributed by atoms with Gasteiger partial charge in [-0.2, -0.15) is 0 Å². The Balaban J connectivity index is 2.51. The van der Waals surface area contributed by atoms with Crippen molar-refractivity contribution in [2.24, 2.45) is 0 Å². The lowest BCUT2D eigenvalue weighted by molar-refractivity contribution is 0.179. The second kappa shape index (κ2) is 5.12. The van der Waals surface area contributed by atoms with Gasteiger partial charge in [-0.3, -0.25) is 4.98 Å². The lowest BCUT2D eigenvalue weighted by Crippen LogP contribution is -2.21. The molecule has 0 fully saturated rings. The Labute approximate surface area is 88.3 Å². The number of aromatic nitrogens is 2. The van der Waals surface area contributed by atoms with Crippen molar-refractivity contribution in [2.45, 2.75) is 32.4 Å². The van der Waals surface area contributed by atoms with Crippen LogP contribution in [-0.4, -0.2) is 27.2 Å². The molecule has 5 heteroatoms. The third kappa shape index (κ3) is 3.89. The molecule has 0 saturated carbocycles. The van der Waals surface area contributed by atoms with Gasteiger partial charge in [-0.15, -0.1) is 0 Å². The van der Waals surface area contributed by atoms with Crippen molar-refractivity contribution < 1.29 is 5.11 Å². The van der Waals surface area contributed by atoms with Gasteiger partial charge in [0, 0.05) is 6.04 Å². The Morgan fingerprint density at radius 1 is 1.50 bits per heavy atom. The number of nitrogens with zero attached hydrogens (tertiary/aromatic N) is 2. The molecule has 1 aromatic heterocycles. The van der Waals surface area contributed by atoms with E-state index in [1.807, 2.05) is 6.92 Å². The summed E-state index contributed by atoms with van der Waals surface area (Å²) in [5.41, 5.74) is 0. The molecule has 0 aliphatic heterocycles. The average Bonchev–Trinajstić information content (AvgIpc) is 2.01. The summed E-state index contributed by atoms with van der Waals surface area (Å²) in [4.78, 5) is 7.93. The SMILES string of the molecule is CC(O)CC(C)Nc1cncc(Cl)n1. The van der Waals surface area contributed by atoms with E-state index in [0.29, 0.717) is 17.4 Å². The van der Waals surface area contributed by atoms with Gasteiger partial charge < -0.3 is 10.4 Å². The van der Waals surface area contributed by atoms with E-state index >= 15 is 0 Å². The van der Waals surface area contributed by atoms with Gasteiger partial charge in [0.2, 0.25) is 0 Å². The minimum atomic E-state index is -0.329. The lowest BCUT2D eigenvalue weighted by atomic mass is 10.1. The summed E-state index contributed by atoms with van der Waals surface area (Å²) in [5.74, 6) is 0.630. The standard InChI is InChI=1S/C9H14ClN3O/c1-6(3-7(2)14)12-9-5-11-4-8(10)13-9/h4-7,14H,3H2,1-2H3,(H,12,13). The number of hydrogen-bond donors (Lipinski definition) is 2. The first kappa shape index (κ1) is 11.2. The van der Waals surface area contributed by atoms with Crippen LogP contribution in [0.2, 0.25) is 5.15 Å². The fourth-order valence-electron chi connectivity index (χ4n) is 1.23. The van der Waals surface area contributed by atoms with Crippen molar-refractivity contribution in [3.05, 3.63) is 17.5 Å². The van der Waals surface area contributed by atoms with Crippen LogP contribution in [0, 0.1) is 0 Å². The molecule has 4 nitrogen and oxygen atoms in total. The molecular weight excluding hydrogens is 202 g/mol. The van der Waals surface area contributed by atoms with Gasteiger partial charge >= 0.3 is 0 Å². The number of halogens is 1. The molecule has 2 unspecified atom stereocenters. The van der Waals surface area contributed by atoms with E-state index in [2.05, 4.69) is 15.3 Å². The zero-order valence-corrected chi connectivity index (χ0v) is 8.99. The number of rotatable bonds is 4. The van der Waals surface area contributed by atoms with Crippen molar-refractivity contribution in [1.29, 1.82) is 0 Å². The van der Waals surface area contributed by atoms with Crippen molar-refractivity contribution in [2.75, 3.05) is 5.32 Å². The number of anilines is 1. The van der Waals surface area contributed by atoms with Crippen molar-refractivity contribution in [3.63, 3.8) is 0 Å². The topological polar surface area (TPSA) is 58.0 Å². The van der Waals surface area contributed by atoms with E-state index in [1.54, 1.807) is 13.1 Å². The van der Waals surface area contributed by atoms with E-state index in [9.17, 15) is 0 Å². The normalized spacial score (nSPS) is 14.9. The van der Waals surface area contributed by atoms with Gasteiger partial charge in [-0.1, -0.05) is 11.6 Å². The zero-order chi connectivity index (χ0) is 10.6. The van der Waals surface area contributed by atoms with E-state index in [-0.39, 0.29) is 12.1 Å². The summed E-state index contributed by atoms with van der Waals surface area (Å²) in [5, 5.41) is 12.6. The maximum atomic E-state index is 9.15. The molecule has 1 heterocycles. The van der Waals surface area contributed by atoms with Gasteiger partial charge in [-0.25, -0.2) is 4.98 Å². The molecule has 2 N–H and O–H groups in total. The largest absolute Gasteiger partial charge is 0.393 e. The quantitative estimate of drug-likeness (QED) is 0.803. The Bertz CT molecular complexity index is 293. The highest BCUT2D eigenvalue weighted by Gasteiger charge is 2.06. The summed E-state index contributed by atoms with van der Waals surface area (Å²) in [6, 6.07) is 0.141. The van der Waals surface area contributed by atoms with Crippen LogP contribution >= 0.6 is 11.6 Å². The van der Waals surface area contributed by atoms with Gasteiger partial charge in [-0.05, 0) is 20.3 Å². The molecule has 0 saturated heterocycles. The predicted octanol–water partition coefficient (Wildman–Crippen LogP) is 1.70. The molecule has 0 aromatic carbocycles. The van der Waals surface area contributed by atoms with Crippen LogP contribution in [0.1, 0.15) is 20.3 Å². The predicted molar refractivity (Wildman–Crippen MR) is 56.4 cm³/mol. The first-order valence-corrected chi connectivity index (χ1v) is 4.88. The first-order valence-electron chi connectivity index (χ1n) is 4.50. The molecule has 1 aromatic rings. The van der Waals surface area contributed by atoms with Crippen LogP contribution < -0.4 is 5.32 Å². The van der Waals surface area contributed by atoms with Crippen LogP contribution in [-0.2, 0) is 0 Å². The molecule has 0 bridgehead atoms. The molecule has 0 amide bonds. The van der Waals surface area contributed by atoms with E-state index in [4.69, 9.17) is 16.7 Å². The van der Waals surface area contributed by atoms with Gasteiger partial charge in [0.25, 0.3) is 0 Å². The van der Waals surface area contributed by atoms with Gasteiger partial charge in [0.1, 0.15) is 11.0 Å². The molecule has 0 aliphatic carbocycles. The van der Waals surface area contributed by atoms with Crippen molar-refractivity contribution >= 4 is 17.4 Å². The highest BCUT2D eigenvalue weighted by molar-refractivity contribution is 6.29. The third-order valence-corrected chi connectivity index (χ3v) is 1.88. The number of aliphatic hydroxyl groups is 1. The van der Waals surface area contributed by atoms with E-state index in [1.165, 1.54) is 6.20 Å². The average molecular weight is 216 g/mol. The minimum absolute atomic E-state index is 0.141. The van der Waals surface area contributed by atoms with Gasteiger partial charge in [0.15, 0.2) is 0 Å². The van der Waals surface area contributed by atoms with Crippen LogP contribution in [0.4, 0.5) is 5.82 Å². The molecule has 0 aliphatic rings. The molecule has 0 radical (unpaired) electrons. The molecule has 0 spiro atoms. The second-order valence-corrected chi connectivity index (χ2v) is 3.74. The lowest BCUT2D eigenvalue weighted by Gasteiger charge is -2.15. The number of hydrogen-bond acceptors (Lipinski definition) is 4. The van der Waals surface area contributed by atoms with Crippen LogP contribution in [0.3, 0.4) is 0 Å². The summed E-state index contributed by atoms with van der Waals surface area (Å²) in [7, 11) is 0.